The molecule has 0 aromatic carbocycles. The average molecular weight is 264 g/mol. The molecule has 19 heavy (non-hydrogen) atoms. The first-order valence-corrected chi connectivity index (χ1v) is 8.32. The Morgan fingerprint density at radius 3 is 2.32 bits per heavy atom. The molecule has 3 aliphatic rings. The lowest BCUT2D eigenvalue weighted by atomic mass is 9.69. The minimum absolute atomic E-state index is 0.00212. The van der Waals surface area contributed by atoms with Crippen LogP contribution in [0.3, 0.4) is 0 Å². The normalized spacial score (nSPS) is 33.4. The molecule has 0 aromatic heterocycles. The maximum absolute atomic E-state index is 12.9. The fourth-order valence-corrected chi connectivity index (χ4v) is 4.69. The average Bonchev–Trinajstić information content (AvgIpc) is 2.87. The van der Waals surface area contributed by atoms with Crippen LogP contribution in [0.2, 0.25) is 0 Å². The van der Waals surface area contributed by atoms with Gasteiger partial charge in [-0.1, -0.05) is 39.0 Å². The van der Waals surface area contributed by atoms with Gasteiger partial charge in [0.05, 0.1) is 5.60 Å². The van der Waals surface area contributed by atoms with E-state index in [1.807, 2.05) is 0 Å². The van der Waals surface area contributed by atoms with Crippen molar-refractivity contribution in [1.82, 2.24) is 0 Å². The molecule has 0 radical (unpaired) electrons. The second-order valence-corrected chi connectivity index (χ2v) is 7.41. The Balaban J connectivity index is 1.69. The zero-order valence-electron chi connectivity index (χ0n) is 12.4. The number of hydrogen-bond acceptors (Lipinski definition) is 2. The molecular weight excluding hydrogens is 236 g/mol. The van der Waals surface area contributed by atoms with Gasteiger partial charge in [0.15, 0.2) is 0 Å². The lowest BCUT2D eigenvalue weighted by molar-refractivity contribution is -0.150. The number of carbonyl (C=O) groups is 1. The second-order valence-electron chi connectivity index (χ2n) is 7.41. The molecule has 2 aliphatic carbocycles. The zero-order valence-corrected chi connectivity index (χ0v) is 12.4. The lowest BCUT2D eigenvalue weighted by Crippen LogP contribution is -2.45. The molecule has 1 aliphatic heterocycles. The summed E-state index contributed by atoms with van der Waals surface area (Å²) >= 11 is 0. The van der Waals surface area contributed by atoms with Gasteiger partial charge >= 0.3 is 0 Å². The van der Waals surface area contributed by atoms with E-state index in [0.29, 0.717) is 5.78 Å². The van der Waals surface area contributed by atoms with E-state index in [1.54, 1.807) is 0 Å². The lowest BCUT2D eigenvalue weighted by Gasteiger charge is -2.44. The summed E-state index contributed by atoms with van der Waals surface area (Å²) in [5, 5.41) is 0. The molecule has 2 nitrogen and oxygen atoms in total. The number of ketones is 1. The maximum Gasteiger partial charge on any atom is 0.142 e. The van der Waals surface area contributed by atoms with E-state index in [9.17, 15) is 4.79 Å². The van der Waals surface area contributed by atoms with Crippen molar-refractivity contribution >= 4 is 5.78 Å². The molecule has 3 fully saturated rings. The molecular formula is C17H28O2. The van der Waals surface area contributed by atoms with Gasteiger partial charge in [-0.2, -0.15) is 0 Å². The van der Waals surface area contributed by atoms with Crippen LogP contribution in [0, 0.1) is 11.3 Å². The Hall–Kier alpha value is -0.370. The van der Waals surface area contributed by atoms with Crippen molar-refractivity contribution in [3.05, 3.63) is 0 Å². The summed E-state index contributed by atoms with van der Waals surface area (Å²) in [6, 6.07) is 0. The van der Waals surface area contributed by atoms with Crippen LogP contribution in [0.25, 0.3) is 0 Å². The monoisotopic (exact) mass is 264 g/mol. The van der Waals surface area contributed by atoms with Crippen molar-refractivity contribution in [1.29, 1.82) is 0 Å². The van der Waals surface area contributed by atoms with Crippen LogP contribution in [-0.4, -0.2) is 18.0 Å². The largest absolute Gasteiger partial charge is 0.375 e. The summed E-state index contributed by atoms with van der Waals surface area (Å²) in [6.07, 6.45) is 13.0. The summed E-state index contributed by atoms with van der Waals surface area (Å²) in [7, 11) is 0. The third-order valence-electron chi connectivity index (χ3n) is 5.93. The SMILES string of the molecule is CC1(C(=O)C2CCOC3(CCCCC3)C2)CCCC1. The predicted molar refractivity (Wildman–Crippen MR) is 76.1 cm³/mol. The Morgan fingerprint density at radius 2 is 1.63 bits per heavy atom. The highest BCUT2D eigenvalue weighted by Crippen LogP contribution is 2.46. The van der Waals surface area contributed by atoms with Crippen molar-refractivity contribution in [2.45, 2.75) is 83.2 Å². The second kappa shape index (κ2) is 5.20. The minimum atomic E-state index is -0.00212. The van der Waals surface area contributed by atoms with Crippen molar-refractivity contribution in [2.75, 3.05) is 6.61 Å². The fourth-order valence-electron chi connectivity index (χ4n) is 4.69. The first-order valence-electron chi connectivity index (χ1n) is 8.32. The van der Waals surface area contributed by atoms with Crippen LogP contribution in [-0.2, 0) is 9.53 Å². The Bertz CT molecular complexity index is 330. The summed E-state index contributed by atoms with van der Waals surface area (Å²) in [4.78, 5) is 12.9. The van der Waals surface area contributed by atoms with Crippen LogP contribution in [0.5, 0.6) is 0 Å². The van der Waals surface area contributed by atoms with E-state index in [-0.39, 0.29) is 16.9 Å². The molecule has 1 spiro atoms. The van der Waals surface area contributed by atoms with Crippen molar-refractivity contribution in [2.24, 2.45) is 11.3 Å². The Labute approximate surface area is 117 Å². The standard InChI is InChI=1S/C17H28O2/c1-16(8-5-6-9-16)15(18)14-7-12-19-17(13-14)10-3-2-4-11-17/h14H,2-13H2,1H3. The van der Waals surface area contributed by atoms with E-state index < -0.39 is 0 Å². The minimum Gasteiger partial charge on any atom is -0.375 e. The van der Waals surface area contributed by atoms with E-state index in [0.717, 1.165) is 32.3 Å². The smallest absolute Gasteiger partial charge is 0.142 e. The number of Topliss-reactive ketones (excluding diaryl/α,β-unsaturated/α-hetero) is 1. The molecule has 108 valence electrons. The summed E-state index contributed by atoms with van der Waals surface area (Å²) in [5.41, 5.74) is 0.0731. The third-order valence-corrected chi connectivity index (χ3v) is 5.93. The Morgan fingerprint density at radius 1 is 1.00 bits per heavy atom. The molecule has 1 heterocycles. The van der Waals surface area contributed by atoms with Crippen LogP contribution in [0.1, 0.15) is 77.6 Å². The summed E-state index contributed by atoms with van der Waals surface area (Å²) < 4.78 is 6.13. The van der Waals surface area contributed by atoms with Crippen molar-refractivity contribution < 1.29 is 9.53 Å². The van der Waals surface area contributed by atoms with E-state index >= 15 is 0 Å². The highest BCUT2D eigenvalue weighted by molar-refractivity contribution is 5.87. The number of carbonyl (C=O) groups excluding carboxylic acids is 1. The molecule has 0 aromatic rings. The summed E-state index contributed by atoms with van der Waals surface area (Å²) in [6.45, 7) is 3.03. The number of hydrogen-bond donors (Lipinski definition) is 0. The summed E-state index contributed by atoms with van der Waals surface area (Å²) in [5.74, 6) is 0.855. The van der Waals surface area contributed by atoms with E-state index in [2.05, 4.69) is 6.92 Å². The van der Waals surface area contributed by atoms with Gasteiger partial charge in [-0.25, -0.2) is 0 Å². The molecule has 2 heteroatoms. The predicted octanol–water partition coefficient (Wildman–Crippen LogP) is 4.27. The van der Waals surface area contributed by atoms with Crippen molar-refractivity contribution in [3.63, 3.8) is 0 Å². The van der Waals surface area contributed by atoms with Gasteiger partial charge < -0.3 is 4.74 Å². The van der Waals surface area contributed by atoms with Crippen LogP contribution in [0.4, 0.5) is 0 Å². The first kappa shape index (κ1) is 13.6. The molecule has 1 saturated heterocycles. The topological polar surface area (TPSA) is 26.3 Å². The highest BCUT2D eigenvalue weighted by atomic mass is 16.5. The zero-order chi connectivity index (χ0) is 13.3. The molecule has 3 rings (SSSR count). The fraction of sp³-hybridized carbons (Fsp3) is 0.941. The molecule has 0 amide bonds. The number of rotatable bonds is 2. The quantitative estimate of drug-likeness (QED) is 0.744. The van der Waals surface area contributed by atoms with Gasteiger partial charge in [0.2, 0.25) is 0 Å². The molecule has 0 N–H and O–H groups in total. The van der Waals surface area contributed by atoms with Gasteiger partial charge in [-0.3, -0.25) is 4.79 Å². The molecule has 1 unspecified atom stereocenters. The molecule has 2 saturated carbocycles. The van der Waals surface area contributed by atoms with Gasteiger partial charge in [0.1, 0.15) is 5.78 Å². The maximum atomic E-state index is 12.9. The molecule has 0 bridgehead atoms. The van der Waals surface area contributed by atoms with Gasteiger partial charge in [0, 0.05) is 17.9 Å². The van der Waals surface area contributed by atoms with E-state index in [4.69, 9.17) is 4.74 Å². The molecule has 1 atom stereocenters. The van der Waals surface area contributed by atoms with Gasteiger partial charge in [0.25, 0.3) is 0 Å². The van der Waals surface area contributed by atoms with Crippen LogP contribution in [0.15, 0.2) is 0 Å². The van der Waals surface area contributed by atoms with Crippen LogP contribution < -0.4 is 0 Å². The third kappa shape index (κ3) is 2.61. The highest BCUT2D eigenvalue weighted by Gasteiger charge is 2.45. The van der Waals surface area contributed by atoms with Crippen LogP contribution >= 0.6 is 0 Å². The first-order chi connectivity index (χ1) is 9.14. The van der Waals surface area contributed by atoms with Crippen molar-refractivity contribution in [3.8, 4) is 0 Å². The van der Waals surface area contributed by atoms with Gasteiger partial charge in [-0.05, 0) is 38.5 Å². The van der Waals surface area contributed by atoms with E-state index in [1.165, 1.54) is 44.9 Å². The Kier molecular flexibility index (Phi) is 3.72. The number of ether oxygens (including phenoxy) is 1. The van der Waals surface area contributed by atoms with Gasteiger partial charge in [-0.15, -0.1) is 0 Å².